The minimum Gasteiger partial charge on any atom is -0.493 e. The Balaban J connectivity index is 2.79. The molecule has 0 aliphatic carbocycles. The van der Waals surface area contributed by atoms with Crippen molar-refractivity contribution in [2.24, 2.45) is 0 Å². The maximum atomic E-state index is 5.57. The zero-order chi connectivity index (χ0) is 10.4. The van der Waals surface area contributed by atoms with Gasteiger partial charge >= 0.3 is 0 Å². The summed E-state index contributed by atoms with van der Waals surface area (Å²) in [7, 11) is 1.57. The number of methoxy groups -OCH3 is 1. The van der Waals surface area contributed by atoms with Crippen LogP contribution >= 0.6 is 11.6 Å². The highest BCUT2D eigenvalue weighted by atomic mass is 35.5. The summed E-state index contributed by atoms with van der Waals surface area (Å²) < 4.78 is 5.04. The molecule has 0 atom stereocenters. The number of anilines is 1. The lowest BCUT2D eigenvalue weighted by Crippen LogP contribution is -1.95. The van der Waals surface area contributed by atoms with Crippen LogP contribution in [-0.4, -0.2) is 18.0 Å². The van der Waals surface area contributed by atoms with Gasteiger partial charge in [-0.15, -0.1) is 11.6 Å². The molecule has 14 heavy (non-hydrogen) atoms. The smallest absolute Gasteiger partial charge is 0.166 e. The Labute approximate surface area is 88.5 Å². The molecule has 0 saturated heterocycles. The Morgan fingerprint density at radius 2 is 2.43 bits per heavy atom. The van der Waals surface area contributed by atoms with Gasteiger partial charge in [-0.25, -0.2) is 4.98 Å². The maximum Gasteiger partial charge on any atom is 0.166 e. The molecule has 0 fully saturated rings. The molecule has 0 aliphatic rings. The van der Waals surface area contributed by atoms with Gasteiger partial charge in [-0.2, -0.15) is 0 Å². The summed E-state index contributed by atoms with van der Waals surface area (Å²) >= 11 is 5.54. The van der Waals surface area contributed by atoms with Crippen molar-refractivity contribution in [3.8, 4) is 5.75 Å². The first-order valence-electron chi connectivity index (χ1n) is 4.30. The molecule has 0 aromatic carbocycles. The number of nitrogens with zero attached hydrogens (tertiary/aromatic N) is 1. The highest BCUT2D eigenvalue weighted by Crippen LogP contribution is 2.19. The predicted molar refractivity (Wildman–Crippen MR) is 59.6 cm³/mol. The molecule has 1 aromatic heterocycles. The van der Waals surface area contributed by atoms with Crippen LogP contribution in [0.5, 0.6) is 5.75 Å². The van der Waals surface area contributed by atoms with Crippen molar-refractivity contribution in [2.45, 2.75) is 6.42 Å². The molecule has 76 valence electrons. The number of hydrogen-bond acceptors (Lipinski definition) is 3. The van der Waals surface area contributed by atoms with E-state index < -0.39 is 0 Å². The van der Waals surface area contributed by atoms with Gasteiger partial charge in [-0.3, -0.25) is 0 Å². The number of rotatable bonds is 4. The topological polar surface area (TPSA) is 48.1 Å². The normalized spacial score (nSPS) is 10.7. The second kappa shape index (κ2) is 5.50. The van der Waals surface area contributed by atoms with E-state index in [0.717, 1.165) is 12.0 Å². The first kappa shape index (κ1) is 10.9. The van der Waals surface area contributed by atoms with Crippen LogP contribution in [0.15, 0.2) is 18.3 Å². The molecule has 2 N–H and O–H groups in total. The molecule has 1 heterocycles. The number of alkyl halides is 1. The fourth-order valence-corrected chi connectivity index (χ4v) is 1.13. The van der Waals surface area contributed by atoms with E-state index in [1.54, 1.807) is 13.3 Å². The third kappa shape index (κ3) is 2.92. The third-order valence-electron chi connectivity index (χ3n) is 1.71. The van der Waals surface area contributed by atoms with Crippen LogP contribution in [0.3, 0.4) is 0 Å². The van der Waals surface area contributed by atoms with Crippen LogP contribution in [0.25, 0.3) is 6.08 Å². The van der Waals surface area contributed by atoms with E-state index in [2.05, 4.69) is 4.98 Å². The average molecular weight is 213 g/mol. The molecular weight excluding hydrogens is 200 g/mol. The second-order valence-electron chi connectivity index (χ2n) is 2.74. The Hall–Kier alpha value is -1.22. The Morgan fingerprint density at radius 3 is 3.07 bits per heavy atom. The summed E-state index contributed by atoms with van der Waals surface area (Å²) in [5.74, 6) is 1.62. The van der Waals surface area contributed by atoms with Crippen molar-refractivity contribution in [2.75, 3.05) is 18.7 Å². The van der Waals surface area contributed by atoms with Gasteiger partial charge < -0.3 is 10.5 Å². The van der Waals surface area contributed by atoms with Gasteiger partial charge in [-0.1, -0.05) is 12.2 Å². The van der Waals surface area contributed by atoms with Crippen molar-refractivity contribution in [1.29, 1.82) is 0 Å². The Kier molecular flexibility index (Phi) is 4.26. The van der Waals surface area contributed by atoms with Gasteiger partial charge in [0.2, 0.25) is 0 Å². The largest absolute Gasteiger partial charge is 0.493 e. The Morgan fingerprint density at radius 1 is 1.64 bits per heavy atom. The minimum atomic E-state index is 0.405. The van der Waals surface area contributed by atoms with Crippen molar-refractivity contribution in [3.05, 3.63) is 23.9 Å². The van der Waals surface area contributed by atoms with E-state index in [1.807, 2.05) is 18.2 Å². The van der Waals surface area contributed by atoms with Crippen LogP contribution in [0.2, 0.25) is 0 Å². The van der Waals surface area contributed by atoms with E-state index in [1.165, 1.54) is 0 Å². The standard InChI is InChI=1S/C10H13ClN2O/c1-14-9-6-8(4-2-3-5-11)7-13-10(9)12/h2,4,6-7H,3,5H2,1H3,(H2,12,13). The van der Waals surface area contributed by atoms with Crippen molar-refractivity contribution in [3.63, 3.8) is 0 Å². The van der Waals surface area contributed by atoms with Crippen LogP contribution in [0.1, 0.15) is 12.0 Å². The molecule has 0 unspecified atom stereocenters. The number of nitrogen functional groups attached to an aromatic ring is 1. The number of nitrogens with two attached hydrogens (primary N) is 1. The van der Waals surface area contributed by atoms with Gasteiger partial charge in [-0.05, 0) is 18.1 Å². The number of allylic oxidation sites excluding steroid dienone is 1. The summed E-state index contributed by atoms with van der Waals surface area (Å²) in [5.41, 5.74) is 6.53. The minimum absolute atomic E-state index is 0.405. The lowest BCUT2D eigenvalue weighted by Gasteiger charge is -2.03. The van der Waals surface area contributed by atoms with Crippen molar-refractivity contribution in [1.82, 2.24) is 4.98 Å². The summed E-state index contributed by atoms with van der Waals surface area (Å²) in [6.07, 6.45) is 6.47. The molecular formula is C10H13ClN2O. The number of halogens is 1. The van der Waals surface area contributed by atoms with Crippen LogP contribution in [0.4, 0.5) is 5.82 Å². The van der Waals surface area contributed by atoms with Gasteiger partial charge in [0.1, 0.15) is 0 Å². The molecule has 0 saturated carbocycles. The van der Waals surface area contributed by atoms with Gasteiger partial charge in [0.05, 0.1) is 7.11 Å². The van der Waals surface area contributed by atoms with Crippen LogP contribution in [-0.2, 0) is 0 Å². The molecule has 0 aliphatic heterocycles. The SMILES string of the molecule is COc1cc(C=CCCCl)cnc1N. The van der Waals surface area contributed by atoms with E-state index in [0.29, 0.717) is 17.4 Å². The van der Waals surface area contributed by atoms with Gasteiger partial charge in [0, 0.05) is 12.1 Å². The number of aromatic nitrogens is 1. The molecule has 0 spiro atoms. The maximum absolute atomic E-state index is 5.57. The first-order chi connectivity index (χ1) is 6.77. The zero-order valence-corrected chi connectivity index (χ0v) is 8.79. The van der Waals surface area contributed by atoms with Gasteiger partial charge in [0.25, 0.3) is 0 Å². The predicted octanol–water partition coefficient (Wildman–Crippen LogP) is 2.31. The molecule has 0 radical (unpaired) electrons. The Bertz CT molecular complexity index is 326. The van der Waals surface area contributed by atoms with E-state index in [4.69, 9.17) is 22.1 Å². The number of ether oxygens (including phenoxy) is 1. The van der Waals surface area contributed by atoms with Crippen LogP contribution in [0, 0.1) is 0 Å². The van der Waals surface area contributed by atoms with Crippen LogP contribution < -0.4 is 10.5 Å². The number of hydrogen-bond donors (Lipinski definition) is 1. The molecule has 3 nitrogen and oxygen atoms in total. The summed E-state index contributed by atoms with van der Waals surface area (Å²) in [5, 5.41) is 0. The lowest BCUT2D eigenvalue weighted by molar-refractivity contribution is 0.415. The second-order valence-corrected chi connectivity index (χ2v) is 3.11. The molecule has 1 aromatic rings. The van der Waals surface area contributed by atoms with Crippen molar-refractivity contribution < 1.29 is 4.74 Å². The molecule has 4 heteroatoms. The highest BCUT2D eigenvalue weighted by Gasteiger charge is 1.99. The molecule has 0 amide bonds. The fourth-order valence-electron chi connectivity index (χ4n) is 1.01. The van der Waals surface area contributed by atoms with E-state index >= 15 is 0 Å². The van der Waals surface area contributed by atoms with Gasteiger partial charge in [0.15, 0.2) is 11.6 Å². The fraction of sp³-hybridized carbons (Fsp3) is 0.300. The quantitative estimate of drug-likeness (QED) is 0.780. The first-order valence-corrected chi connectivity index (χ1v) is 4.83. The molecule has 1 rings (SSSR count). The highest BCUT2D eigenvalue weighted by molar-refractivity contribution is 6.17. The number of pyridine rings is 1. The average Bonchev–Trinajstić information content (AvgIpc) is 2.21. The summed E-state index contributed by atoms with van der Waals surface area (Å²) in [4.78, 5) is 4.00. The monoisotopic (exact) mass is 212 g/mol. The summed E-state index contributed by atoms with van der Waals surface area (Å²) in [6.45, 7) is 0. The van der Waals surface area contributed by atoms with E-state index in [9.17, 15) is 0 Å². The molecule has 0 bridgehead atoms. The summed E-state index contributed by atoms with van der Waals surface area (Å²) in [6, 6.07) is 1.84. The van der Waals surface area contributed by atoms with Crippen molar-refractivity contribution >= 4 is 23.5 Å². The third-order valence-corrected chi connectivity index (χ3v) is 1.93. The van der Waals surface area contributed by atoms with E-state index in [-0.39, 0.29) is 0 Å². The lowest BCUT2D eigenvalue weighted by atomic mass is 10.2. The zero-order valence-electron chi connectivity index (χ0n) is 8.03.